The summed E-state index contributed by atoms with van der Waals surface area (Å²) in [5.41, 5.74) is 2.93. The van der Waals surface area contributed by atoms with E-state index in [-0.39, 0.29) is 11.8 Å². The van der Waals surface area contributed by atoms with E-state index in [1.54, 1.807) is 16.8 Å². The number of pyridine rings is 2. The van der Waals surface area contributed by atoms with Crippen LogP contribution >= 0.6 is 0 Å². The first-order valence-electron chi connectivity index (χ1n) is 11.1. The van der Waals surface area contributed by atoms with Gasteiger partial charge in [-0.1, -0.05) is 0 Å². The number of amides is 1. The molecule has 1 saturated carbocycles. The van der Waals surface area contributed by atoms with E-state index in [4.69, 9.17) is 4.74 Å². The molecule has 1 aliphatic carbocycles. The van der Waals surface area contributed by atoms with Gasteiger partial charge in [0.1, 0.15) is 17.5 Å². The SMILES string of the molecule is CN1CCC[C@H](COc2cnc(C#N)cc2-c2ccn3nc(NC(=O)C4CC4)cc3c2)C1. The molecule has 2 aliphatic rings. The van der Waals surface area contributed by atoms with Crippen molar-refractivity contribution in [2.24, 2.45) is 11.8 Å². The van der Waals surface area contributed by atoms with Gasteiger partial charge in [0, 0.05) is 36.2 Å². The molecule has 5 rings (SSSR count). The summed E-state index contributed by atoms with van der Waals surface area (Å²) in [4.78, 5) is 18.6. The maximum absolute atomic E-state index is 12.1. The van der Waals surface area contributed by atoms with Crippen LogP contribution in [0.4, 0.5) is 5.82 Å². The fourth-order valence-electron chi connectivity index (χ4n) is 4.26. The van der Waals surface area contributed by atoms with Gasteiger partial charge in [0.2, 0.25) is 5.91 Å². The number of nitrogens with one attached hydrogen (secondary N) is 1. The molecule has 8 nitrogen and oxygen atoms in total. The first-order chi connectivity index (χ1) is 15.6. The predicted molar refractivity (Wildman–Crippen MR) is 120 cm³/mol. The Balaban J connectivity index is 1.40. The molecule has 2 fully saturated rings. The number of carbonyl (C=O) groups excluding carboxylic acids is 1. The Bertz CT molecular complexity index is 1190. The van der Waals surface area contributed by atoms with Crippen molar-refractivity contribution in [2.45, 2.75) is 25.7 Å². The second kappa shape index (κ2) is 8.60. The van der Waals surface area contributed by atoms with Crippen LogP contribution in [0.25, 0.3) is 16.6 Å². The van der Waals surface area contributed by atoms with Crippen molar-refractivity contribution in [1.29, 1.82) is 5.26 Å². The predicted octanol–water partition coefficient (Wildman–Crippen LogP) is 3.34. The minimum atomic E-state index is 0.0328. The summed E-state index contributed by atoms with van der Waals surface area (Å²) in [6, 6.07) is 9.65. The molecule has 32 heavy (non-hydrogen) atoms. The van der Waals surface area contributed by atoms with Gasteiger partial charge in [-0.2, -0.15) is 10.4 Å². The molecule has 8 heteroatoms. The van der Waals surface area contributed by atoms with Crippen molar-refractivity contribution in [1.82, 2.24) is 19.5 Å². The molecular weight excluding hydrogens is 404 g/mol. The van der Waals surface area contributed by atoms with Gasteiger partial charge in [0.15, 0.2) is 5.82 Å². The van der Waals surface area contributed by atoms with E-state index in [9.17, 15) is 10.1 Å². The summed E-state index contributed by atoms with van der Waals surface area (Å²) < 4.78 is 7.94. The van der Waals surface area contributed by atoms with E-state index in [0.29, 0.717) is 29.8 Å². The molecular formula is C24H26N6O2. The molecule has 0 radical (unpaired) electrons. The molecule has 0 unspecified atom stereocenters. The van der Waals surface area contributed by atoms with E-state index in [1.807, 2.05) is 24.4 Å². The van der Waals surface area contributed by atoms with Crippen molar-refractivity contribution in [3.8, 4) is 22.9 Å². The van der Waals surface area contributed by atoms with Crippen LogP contribution in [-0.2, 0) is 4.79 Å². The number of anilines is 1. The average Bonchev–Trinajstić information content (AvgIpc) is 3.58. The van der Waals surface area contributed by atoms with Crippen LogP contribution < -0.4 is 10.1 Å². The molecule has 1 saturated heterocycles. The largest absolute Gasteiger partial charge is 0.491 e. The third-order valence-electron chi connectivity index (χ3n) is 6.15. The molecule has 1 N–H and O–H groups in total. The summed E-state index contributed by atoms with van der Waals surface area (Å²) in [7, 11) is 2.14. The second-order valence-corrected chi connectivity index (χ2v) is 8.84. The molecule has 3 aromatic heterocycles. The molecule has 4 heterocycles. The monoisotopic (exact) mass is 430 g/mol. The lowest BCUT2D eigenvalue weighted by atomic mass is 9.99. The lowest BCUT2D eigenvalue weighted by Gasteiger charge is -2.29. The number of likely N-dealkylation sites (tertiary alicyclic amines) is 1. The first kappa shape index (κ1) is 20.5. The molecule has 1 atom stereocenters. The number of nitriles is 1. The van der Waals surface area contributed by atoms with Crippen molar-refractivity contribution in [3.05, 3.63) is 42.4 Å². The van der Waals surface area contributed by atoms with E-state index in [1.165, 1.54) is 6.42 Å². The van der Waals surface area contributed by atoms with Crippen LogP contribution in [0.1, 0.15) is 31.4 Å². The molecule has 1 amide bonds. The summed E-state index contributed by atoms with van der Waals surface area (Å²) in [5.74, 6) is 1.85. The molecule has 164 valence electrons. The Kier molecular flexibility index (Phi) is 5.50. The highest BCUT2D eigenvalue weighted by molar-refractivity contribution is 5.93. The second-order valence-electron chi connectivity index (χ2n) is 8.84. The highest BCUT2D eigenvalue weighted by Gasteiger charge is 2.30. The smallest absolute Gasteiger partial charge is 0.228 e. The molecule has 3 aromatic rings. The number of carbonyl (C=O) groups is 1. The third-order valence-corrected chi connectivity index (χ3v) is 6.15. The summed E-state index contributed by atoms with van der Waals surface area (Å²) in [5, 5.41) is 16.7. The number of piperidine rings is 1. The van der Waals surface area contributed by atoms with Crippen LogP contribution in [0.2, 0.25) is 0 Å². The standard InChI is InChI=1S/C24H26N6O2/c1-29-7-2-3-16(14-29)15-32-22-13-26-19(12-25)10-21(22)18-6-8-30-20(9-18)11-23(28-30)27-24(31)17-4-5-17/h6,8-11,13,16-17H,2-5,7,14-15H2,1H3,(H,27,28,31)/t16-/m0/s1. The number of nitrogens with zero attached hydrogens (tertiary/aromatic N) is 5. The minimum absolute atomic E-state index is 0.0328. The Morgan fingerprint density at radius 2 is 2.19 bits per heavy atom. The number of ether oxygens (including phenoxy) is 1. The van der Waals surface area contributed by atoms with Gasteiger partial charge in [-0.25, -0.2) is 9.50 Å². The number of aromatic nitrogens is 3. The van der Waals surface area contributed by atoms with E-state index in [0.717, 1.165) is 49.0 Å². The Labute approximate surface area is 186 Å². The Hall–Kier alpha value is -3.44. The fraction of sp³-hybridized carbons (Fsp3) is 0.417. The molecule has 0 bridgehead atoms. The van der Waals surface area contributed by atoms with Crippen molar-refractivity contribution < 1.29 is 9.53 Å². The van der Waals surface area contributed by atoms with Crippen molar-refractivity contribution in [2.75, 3.05) is 32.1 Å². The van der Waals surface area contributed by atoms with Gasteiger partial charge in [-0.3, -0.25) is 4.79 Å². The zero-order valence-electron chi connectivity index (χ0n) is 18.1. The molecule has 0 spiro atoms. The summed E-state index contributed by atoms with van der Waals surface area (Å²) in [6.45, 7) is 2.78. The van der Waals surface area contributed by atoms with Gasteiger partial charge in [-0.15, -0.1) is 0 Å². The quantitative estimate of drug-likeness (QED) is 0.644. The van der Waals surface area contributed by atoms with Crippen molar-refractivity contribution >= 4 is 17.2 Å². The summed E-state index contributed by atoms with van der Waals surface area (Å²) in [6.07, 6.45) is 7.73. The first-order valence-corrected chi connectivity index (χ1v) is 11.1. The Morgan fingerprint density at radius 1 is 1.31 bits per heavy atom. The van der Waals surface area contributed by atoms with Gasteiger partial charge in [0.25, 0.3) is 0 Å². The van der Waals surface area contributed by atoms with E-state index < -0.39 is 0 Å². The third kappa shape index (κ3) is 4.43. The van der Waals surface area contributed by atoms with Crippen LogP contribution in [0.15, 0.2) is 36.7 Å². The maximum atomic E-state index is 12.1. The molecule has 1 aliphatic heterocycles. The highest BCUT2D eigenvalue weighted by atomic mass is 16.5. The van der Waals surface area contributed by atoms with Crippen LogP contribution in [-0.4, -0.2) is 52.1 Å². The van der Waals surface area contributed by atoms with Crippen LogP contribution in [0.5, 0.6) is 5.75 Å². The zero-order valence-corrected chi connectivity index (χ0v) is 18.1. The average molecular weight is 431 g/mol. The fourth-order valence-corrected chi connectivity index (χ4v) is 4.26. The van der Waals surface area contributed by atoms with Crippen LogP contribution in [0.3, 0.4) is 0 Å². The number of hydrogen-bond donors (Lipinski definition) is 1. The van der Waals surface area contributed by atoms with Gasteiger partial charge in [-0.05, 0) is 63.0 Å². The zero-order chi connectivity index (χ0) is 22.1. The van der Waals surface area contributed by atoms with Gasteiger partial charge >= 0.3 is 0 Å². The maximum Gasteiger partial charge on any atom is 0.228 e. The topological polar surface area (TPSA) is 95.6 Å². The normalized spacial score (nSPS) is 18.9. The Morgan fingerprint density at radius 3 is 2.97 bits per heavy atom. The van der Waals surface area contributed by atoms with E-state index >= 15 is 0 Å². The van der Waals surface area contributed by atoms with Gasteiger partial charge in [0.05, 0.1) is 18.3 Å². The summed E-state index contributed by atoms with van der Waals surface area (Å²) >= 11 is 0. The van der Waals surface area contributed by atoms with Gasteiger partial charge < -0.3 is 15.0 Å². The lowest BCUT2D eigenvalue weighted by Crippen LogP contribution is -2.34. The van der Waals surface area contributed by atoms with E-state index in [2.05, 4.69) is 33.4 Å². The lowest BCUT2D eigenvalue weighted by molar-refractivity contribution is -0.117. The van der Waals surface area contributed by atoms with Crippen LogP contribution in [0, 0.1) is 23.2 Å². The van der Waals surface area contributed by atoms with Crippen molar-refractivity contribution in [3.63, 3.8) is 0 Å². The highest BCUT2D eigenvalue weighted by Crippen LogP contribution is 2.33. The number of hydrogen-bond acceptors (Lipinski definition) is 6. The number of fused-ring (bicyclic) bond motifs is 1. The molecule has 0 aromatic carbocycles. The minimum Gasteiger partial charge on any atom is -0.491 e. The number of rotatable bonds is 6.